The highest BCUT2D eigenvalue weighted by Gasteiger charge is 2.11. The zero-order chi connectivity index (χ0) is 19.1. The Kier molecular flexibility index (Phi) is 6.69. The second kappa shape index (κ2) is 9.40. The highest BCUT2D eigenvalue weighted by molar-refractivity contribution is 6.29. The number of nitrogens with two attached hydrogens (primary N) is 1. The van der Waals surface area contributed by atoms with E-state index >= 15 is 0 Å². The zero-order valence-corrected chi connectivity index (χ0v) is 16.3. The Labute approximate surface area is 165 Å². The van der Waals surface area contributed by atoms with Crippen LogP contribution in [0.1, 0.15) is 29.7 Å². The second-order valence-corrected chi connectivity index (χ2v) is 6.79. The third-order valence-corrected chi connectivity index (χ3v) is 4.67. The zero-order valence-electron chi connectivity index (χ0n) is 15.6. The maximum Gasteiger partial charge on any atom is 0.161 e. The Bertz CT molecular complexity index is 854. The molecule has 5 heteroatoms. The summed E-state index contributed by atoms with van der Waals surface area (Å²) in [5, 5.41) is 2.78. The number of rotatable bonds is 8. The lowest BCUT2D eigenvalue weighted by molar-refractivity contribution is -0.707. The molecule has 2 N–H and O–H groups in total. The van der Waals surface area contributed by atoms with Crippen LogP contribution >= 0.6 is 11.6 Å². The van der Waals surface area contributed by atoms with Gasteiger partial charge in [0, 0.05) is 22.9 Å². The van der Waals surface area contributed by atoms with Gasteiger partial charge in [0.15, 0.2) is 11.5 Å². The van der Waals surface area contributed by atoms with E-state index in [4.69, 9.17) is 21.1 Å². The summed E-state index contributed by atoms with van der Waals surface area (Å²) >= 11 is 5.81. The molecule has 140 valence electrons. The van der Waals surface area contributed by atoms with Gasteiger partial charge >= 0.3 is 0 Å². The smallest absolute Gasteiger partial charge is 0.161 e. The average molecular weight is 384 g/mol. The number of hydrogen-bond donors (Lipinski definition) is 1. The van der Waals surface area contributed by atoms with Crippen molar-refractivity contribution in [2.24, 2.45) is 0 Å². The van der Waals surface area contributed by atoms with E-state index in [2.05, 4.69) is 47.6 Å². The van der Waals surface area contributed by atoms with Gasteiger partial charge in [-0.1, -0.05) is 48.0 Å². The van der Waals surface area contributed by atoms with Crippen molar-refractivity contribution in [3.05, 3.63) is 88.7 Å². The number of nitrogens with zero attached hydrogens (tertiary/aromatic N) is 1. The molecule has 1 aromatic heterocycles. The van der Waals surface area contributed by atoms with Gasteiger partial charge < -0.3 is 14.8 Å². The first-order valence-electron chi connectivity index (χ1n) is 8.94. The van der Waals surface area contributed by atoms with E-state index in [-0.39, 0.29) is 0 Å². The number of pyridine rings is 1. The van der Waals surface area contributed by atoms with E-state index in [1.807, 2.05) is 24.3 Å². The summed E-state index contributed by atoms with van der Waals surface area (Å²) in [5.74, 6) is 1.45. The maximum absolute atomic E-state index is 5.89. The molecule has 0 saturated carbocycles. The molecule has 0 bridgehead atoms. The number of hydrogen-bond acceptors (Lipinski definition) is 3. The Hall–Kier alpha value is -2.56. The number of ether oxygens (including phenoxy) is 2. The van der Waals surface area contributed by atoms with Crippen LogP contribution in [0.25, 0.3) is 0 Å². The molecule has 0 radical (unpaired) electrons. The summed E-state index contributed by atoms with van der Waals surface area (Å²) in [6.45, 7) is 3.50. The molecule has 0 amide bonds. The minimum Gasteiger partial charge on any atom is -0.493 e. The van der Waals surface area contributed by atoms with Gasteiger partial charge in [0.1, 0.15) is 24.3 Å². The summed E-state index contributed by atoms with van der Waals surface area (Å²) in [4.78, 5) is 4.06. The van der Waals surface area contributed by atoms with Crippen molar-refractivity contribution < 1.29 is 14.8 Å². The van der Waals surface area contributed by atoms with Crippen molar-refractivity contribution in [1.82, 2.24) is 4.98 Å². The first kappa shape index (κ1) is 19.2. The standard InChI is InChI=1S/C22H23ClN2O2/c1-16(19-6-4-3-5-7-19)24-13-17-8-10-20(21(12-17)26-2)27-15-18-9-11-22(23)25-14-18/h3-12,14,16,24H,13,15H2,1-2H3/p+1/t16-/m1/s1. The molecule has 0 fully saturated rings. The first-order valence-corrected chi connectivity index (χ1v) is 9.32. The summed E-state index contributed by atoms with van der Waals surface area (Å²) < 4.78 is 11.4. The summed E-state index contributed by atoms with van der Waals surface area (Å²) in [6, 6.07) is 20.6. The number of methoxy groups -OCH3 is 1. The van der Waals surface area contributed by atoms with Gasteiger partial charge in [-0.15, -0.1) is 0 Å². The molecule has 0 aliphatic rings. The molecule has 0 unspecified atom stereocenters. The van der Waals surface area contributed by atoms with Crippen molar-refractivity contribution in [2.75, 3.05) is 7.11 Å². The van der Waals surface area contributed by atoms with Crippen LogP contribution in [0, 0.1) is 0 Å². The molecule has 0 aliphatic carbocycles. The van der Waals surface area contributed by atoms with Crippen LogP contribution in [-0.2, 0) is 13.2 Å². The summed E-state index contributed by atoms with van der Waals surface area (Å²) in [6.07, 6.45) is 1.71. The molecule has 0 saturated heterocycles. The normalized spacial score (nSPS) is 11.8. The topological polar surface area (TPSA) is 48.0 Å². The van der Waals surface area contributed by atoms with E-state index in [0.29, 0.717) is 23.6 Å². The predicted molar refractivity (Wildman–Crippen MR) is 107 cm³/mol. The summed E-state index contributed by atoms with van der Waals surface area (Å²) in [7, 11) is 1.66. The van der Waals surface area contributed by atoms with Gasteiger partial charge in [0.25, 0.3) is 0 Å². The van der Waals surface area contributed by atoms with Crippen molar-refractivity contribution in [2.45, 2.75) is 26.1 Å². The fraction of sp³-hybridized carbons (Fsp3) is 0.227. The highest BCUT2D eigenvalue weighted by atomic mass is 35.5. The second-order valence-electron chi connectivity index (χ2n) is 6.40. The lowest BCUT2D eigenvalue weighted by Crippen LogP contribution is -2.83. The first-order chi connectivity index (χ1) is 13.2. The van der Waals surface area contributed by atoms with Crippen molar-refractivity contribution >= 4 is 11.6 Å². The molecule has 0 spiro atoms. The van der Waals surface area contributed by atoms with E-state index < -0.39 is 0 Å². The summed E-state index contributed by atoms with van der Waals surface area (Å²) in [5.41, 5.74) is 3.46. The quantitative estimate of drug-likeness (QED) is 0.594. The van der Waals surface area contributed by atoms with Crippen LogP contribution < -0.4 is 14.8 Å². The van der Waals surface area contributed by atoms with Crippen LogP contribution in [0.4, 0.5) is 0 Å². The maximum atomic E-state index is 5.89. The molecule has 0 aliphatic heterocycles. The van der Waals surface area contributed by atoms with Gasteiger partial charge in [-0.05, 0) is 31.2 Å². The Morgan fingerprint density at radius 2 is 1.78 bits per heavy atom. The fourth-order valence-corrected chi connectivity index (χ4v) is 2.93. The van der Waals surface area contributed by atoms with Crippen molar-refractivity contribution in [1.29, 1.82) is 0 Å². The van der Waals surface area contributed by atoms with E-state index in [0.717, 1.165) is 17.9 Å². The van der Waals surface area contributed by atoms with Gasteiger partial charge in [0.2, 0.25) is 0 Å². The van der Waals surface area contributed by atoms with Crippen LogP contribution in [0.2, 0.25) is 5.15 Å². The molecule has 3 aromatic rings. The average Bonchev–Trinajstić information content (AvgIpc) is 2.72. The SMILES string of the molecule is COc1cc(C[NH2+][C@H](C)c2ccccc2)ccc1OCc1ccc(Cl)nc1. The molecular weight excluding hydrogens is 360 g/mol. The van der Waals surface area contributed by atoms with Crippen molar-refractivity contribution in [3.8, 4) is 11.5 Å². The number of quaternary nitrogens is 1. The Morgan fingerprint density at radius 1 is 1.00 bits per heavy atom. The molecule has 27 heavy (non-hydrogen) atoms. The van der Waals surface area contributed by atoms with E-state index in [9.17, 15) is 0 Å². The van der Waals surface area contributed by atoms with Gasteiger partial charge in [0.05, 0.1) is 7.11 Å². The Balaban J connectivity index is 1.60. The van der Waals surface area contributed by atoms with Crippen LogP contribution in [0.5, 0.6) is 11.5 Å². The molecule has 1 atom stereocenters. The highest BCUT2D eigenvalue weighted by Crippen LogP contribution is 2.28. The minimum absolute atomic E-state index is 0.394. The van der Waals surface area contributed by atoms with Crippen LogP contribution in [-0.4, -0.2) is 12.1 Å². The number of halogens is 1. The van der Waals surface area contributed by atoms with Crippen molar-refractivity contribution in [3.63, 3.8) is 0 Å². The van der Waals surface area contributed by atoms with Gasteiger partial charge in [-0.25, -0.2) is 4.98 Å². The lowest BCUT2D eigenvalue weighted by atomic mass is 10.1. The number of aromatic nitrogens is 1. The third kappa shape index (κ3) is 5.46. The largest absolute Gasteiger partial charge is 0.493 e. The van der Waals surface area contributed by atoms with E-state index in [1.54, 1.807) is 19.4 Å². The Morgan fingerprint density at radius 3 is 2.48 bits per heavy atom. The fourth-order valence-electron chi connectivity index (χ4n) is 2.82. The van der Waals surface area contributed by atoms with Gasteiger partial charge in [-0.3, -0.25) is 0 Å². The molecule has 2 aromatic carbocycles. The lowest BCUT2D eigenvalue weighted by Gasteiger charge is -2.14. The van der Waals surface area contributed by atoms with Crippen LogP contribution in [0.3, 0.4) is 0 Å². The number of benzene rings is 2. The van der Waals surface area contributed by atoms with Crippen LogP contribution in [0.15, 0.2) is 66.9 Å². The molecule has 3 rings (SSSR count). The monoisotopic (exact) mass is 383 g/mol. The predicted octanol–water partition coefficient (Wildman–Crippen LogP) is 4.15. The minimum atomic E-state index is 0.394. The third-order valence-electron chi connectivity index (χ3n) is 4.44. The van der Waals surface area contributed by atoms with Gasteiger partial charge in [-0.2, -0.15) is 0 Å². The van der Waals surface area contributed by atoms with E-state index in [1.165, 1.54) is 11.1 Å². The molecule has 1 heterocycles. The molecule has 4 nitrogen and oxygen atoms in total. The molecular formula is C22H24ClN2O2+.